The number of hydrogen-bond donors (Lipinski definition) is 2. The van der Waals surface area contributed by atoms with Gasteiger partial charge in [0.1, 0.15) is 18.2 Å². The van der Waals surface area contributed by atoms with Crippen LogP contribution < -0.4 is 20.7 Å². The first-order chi connectivity index (χ1) is 15.4. The van der Waals surface area contributed by atoms with Gasteiger partial charge in [0.15, 0.2) is 0 Å². The number of halogens is 2. The molecule has 0 bridgehead atoms. The minimum atomic E-state index is -0.601. The van der Waals surface area contributed by atoms with Gasteiger partial charge in [-0.3, -0.25) is 14.6 Å². The first-order valence-electron chi connectivity index (χ1n) is 9.86. The number of nitrogens with two attached hydrogens (primary N) is 1. The molecule has 3 aromatic rings. The number of hydrogen-bond acceptors (Lipinski definition) is 5. The van der Waals surface area contributed by atoms with E-state index in [1.54, 1.807) is 24.5 Å². The molecule has 0 atom stereocenters. The average Bonchev–Trinajstić information content (AvgIpc) is 2.78. The van der Waals surface area contributed by atoms with Crippen LogP contribution in [0.25, 0.3) is 0 Å². The summed E-state index contributed by atoms with van der Waals surface area (Å²) < 4.78 is 20.1. The van der Waals surface area contributed by atoms with Crippen LogP contribution in [0.4, 0.5) is 15.8 Å². The third-order valence-electron chi connectivity index (χ3n) is 4.47. The topological polar surface area (TPSA) is 97.6 Å². The molecule has 0 aliphatic heterocycles. The maximum absolute atomic E-state index is 14.4. The van der Waals surface area contributed by atoms with E-state index < -0.39 is 17.6 Å². The fourth-order valence-corrected chi connectivity index (χ4v) is 3.21. The van der Waals surface area contributed by atoms with Gasteiger partial charge in [-0.25, -0.2) is 4.39 Å². The van der Waals surface area contributed by atoms with E-state index in [0.29, 0.717) is 18.9 Å². The molecule has 0 fully saturated rings. The van der Waals surface area contributed by atoms with Crippen molar-refractivity contribution in [3.8, 4) is 5.75 Å². The maximum Gasteiger partial charge on any atom is 0.258 e. The van der Waals surface area contributed by atoms with Crippen LogP contribution >= 0.6 is 11.6 Å². The van der Waals surface area contributed by atoms with Crippen LogP contribution in [-0.4, -0.2) is 36.5 Å². The van der Waals surface area contributed by atoms with E-state index in [1.165, 1.54) is 35.2 Å². The largest absolute Gasteiger partial charge is 0.492 e. The van der Waals surface area contributed by atoms with Crippen molar-refractivity contribution in [3.63, 3.8) is 0 Å². The van der Waals surface area contributed by atoms with Crippen molar-refractivity contribution in [2.45, 2.75) is 6.42 Å². The number of nitrogens with one attached hydrogen (secondary N) is 1. The molecule has 0 unspecified atom stereocenters. The molecule has 0 aliphatic rings. The second kappa shape index (κ2) is 11.1. The van der Waals surface area contributed by atoms with Crippen LogP contribution in [0, 0.1) is 5.82 Å². The molecular formula is C23H22ClFN4O3. The lowest BCUT2D eigenvalue weighted by Crippen LogP contribution is -2.34. The van der Waals surface area contributed by atoms with E-state index in [-0.39, 0.29) is 29.2 Å². The van der Waals surface area contributed by atoms with E-state index in [2.05, 4.69) is 10.3 Å². The van der Waals surface area contributed by atoms with Gasteiger partial charge >= 0.3 is 0 Å². The van der Waals surface area contributed by atoms with E-state index in [4.69, 9.17) is 22.1 Å². The Balaban J connectivity index is 1.74. The van der Waals surface area contributed by atoms with Crippen molar-refractivity contribution in [1.82, 2.24) is 4.98 Å². The van der Waals surface area contributed by atoms with Crippen LogP contribution in [-0.2, 0) is 4.79 Å². The van der Waals surface area contributed by atoms with E-state index in [9.17, 15) is 14.0 Å². The lowest BCUT2D eigenvalue weighted by atomic mass is 10.1. The number of benzene rings is 2. The van der Waals surface area contributed by atoms with Crippen molar-refractivity contribution in [2.75, 3.05) is 29.9 Å². The summed E-state index contributed by atoms with van der Waals surface area (Å²) in [5.74, 6) is -1.33. The van der Waals surface area contributed by atoms with Gasteiger partial charge in [-0.1, -0.05) is 23.7 Å². The Kier molecular flexibility index (Phi) is 7.99. The highest BCUT2D eigenvalue weighted by molar-refractivity contribution is 6.31. The molecule has 9 heteroatoms. The van der Waals surface area contributed by atoms with Crippen LogP contribution in [0.15, 0.2) is 67.0 Å². The first kappa shape index (κ1) is 23.0. The molecule has 0 aliphatic carbocycles. The van der Waals surface area contributed by atoms with Gasteiger partial charge < -0.3 is 20.7 Å². The average molecular weight is 457 g/mol. The van der Waals surface area contributed by atoms with Gasteiger partial charge in [0.25, 0.3) is 5.91 Å². The summed E-state index contributed by atoms with van der Waals surface area (Å²) in [6.07, 6.45) is 3.24. The normalized spacial score (nSPS) is 10.4. The number of pyridine rings is 1. The third-order valence-corrected chi connectivity index (χ3v) is 4.69. The number of nitrogens with zero attached hydrogens (tertiary/aromatic N) is 2. The van der Waals surface area contributed by atoms with Crippen LogP contribution in [0.2, 0.25) is 5.02 Å². The van der Waals surface area contributed by atoms with Crippen LogP contribution in [0.3, 0.4) is 0 Å². The van der Waals surface area contributed by atoms with Crippen molar-refractivity contribution < 1.29 is 18.7 Å². The maximum atomic E-state index is 14.4. The lowest BCUT2D eigenvalue weighted by Gasteiger charge is -2.23. The minimum absolute atomic E-state index is 0.0442. The summed E-state index contributed by atoms with van der Waals surface area (Å²) in [5.41, 5.74) is 6.38. The number of carbonyl (C=O) groups is 2. The Morgan fingerprint density at radius 3 is 2.59 bits per heavy atom. The van der Waals surface area contributed by atoms with Gasteiger partial charge in [0.05, 0.1) is 5.69 Å². The molecule has 0 spiro atoms. The molecule has 32 heavy (non-hydrogen) atoms. The fourth-order valence-electron chi connectivity index (χ4n) is 2.98. The molecule has 2 aromatic carbocycles. The Hall–Kier alpha value is -3.65. The smallest absolute Gasteiger partial charge is 0.258 e. The number of aromatic nitrogens is 1. The Morgan fingerprint density at radius 2 is 1.88 bits per heavy atom. The number of para-hydroxylation sites is 1. The summed E-state index contributed by atoms with van der Waals surface area (Å²) in [6, 6.07) is 14.1. The predicted octanol–water partition coefficient (Wildman–Crippen LogP) is 3.89. The predicted molar refractivity (Wildman–Crippen MR) is 122 cm³/mol. The monoisotopic (exact) mass is 456 g/mol. The molecule has 0 saturated carbocycles. The Labute approximate surface area is 190 Å². The minimum Gasteiger partial charge on any atom is -0.492 e. The Morgan fingerprint density at radius 1 is 1.12 bits per heavy atom. The standard InChI is InChI=1S/C23H22ClFN4O3/c24-17-13-16(14-19(15-17)32-12-10-28-18-5-8-27-9-6-18)23(31)29(11-7-22(26)30)21-4-2-1-3-20(21)25/h1-6,8-9,13-15H,7,10-12H2,(H2,26,30)(H,27,28). The van der Waals surface area contributed by atoms with Crippen molar-refractivity contribution in [2.24, 2.45) is 5.73 Å². The van der Waals surface area contributed by atoms with Crippen LogP contribution in [0.1, 0.15) is 16.8 Å². The van der Waals surface area contributed by atoms with E-state index in [1.807, 2.05) is 12.1 Å². The Bertz CT molecular complexity index is 1080. The van der Waals surface area contributed by atoms with Gasteiger partial charge in [0.2, 0.25) is 5.91 Å². The molecule has 3 rings (SSSR count). The summed E-state index contributed by atoms with van der Waals surface area (Å²) in [6.45, 7) is 0.752. The van der Waals surface area contributed by atoms with E-state index >= 15 is 0 Å². The number of anilines is 2. The zero-order chi connectivity index (χ0) is 22.9. The number of carbonyl (C=O) groups excluding carboxylic acids is 2. The highest BCUT2D eigenvalue weighted by atomic mass is 35.5. The zero-order valence-corrected chi connectivity index (χ0v) is 17.9. The molecule has 1 heterocycles. The second-order valence-electron chi connectivity index (χ2n) is 6.81. The number of ether oxygens (including phenoxy) is 1. The highest BCUT2D eigenvalue weighted by Gasteiger charge is 2.22. The quantitative estimate of drug-likeness (QED) is 0.451. The van der Waals surface area contributed by atoms with Gasteiger partial charge in [-0.05, 0) is 42.5 Å². The number of amides is 2. The molecule has 0 radical (unpaired) electrons. The van der Waals surface area contributed by atoms with E-state index in [0.717, 1.165) is 5.69 Å². The van der Waals surface area contributed by atoms with Gasteiger partial charge in [-0.2, -0.15) is 0 Å². The second-order valence-corrected chi connectivity index (χ2v) is 7.25. The summed E-state index contributed by atoms with van der Waals surface area (Å²) in [7, 11) is 0. The SMILES string of the molecule is NC(=O)CCN(C(=O)c1cc(Cl)cc(OCCNc2ccncc2)c1)c1ccccc1F. The van der Waals surface area contributed by atoms with Crippen molar-refractivity contribution in [3.05, 3.63) is 83.4 Å². The molecule has 166 valence electrons. The molecule has 1 aromatic heterocycles. The summed E-state index contributed by atoms with van der Waals surface area (Å²) in [4.78, 5) is 29.6. The highest BCUT2D eigenvalue weighted by Crippen LogP contribution is 2.26. The van der Waals surface area contributed by atoms with Crippen molar-refractivity contribution in [1.29, 1.82) is 0 Å². The summed E-state index contributed by atoms with van der Waals surface area (Å²) >= 11 is 6.19. The number of rotatable bonds is 10. The molecule has 3 N–H and O–H groups in total. The third kappa shape index (κ3) is 6.42. The first-order valence-corrected chi connectivity index (χ1v) is 10.2. The van der Waals surface area contributed by atoms with Gasteiger partial charge in [0, 0.05) is 48.2 Å². The molecule has 2 amide bonds. The molecule has 0 saturated heterocycles. The zero-order valence-electron chi connectivity index (χ0n) is 17.1. The molecule has 7 nitrogen and oxygen atoms in total. The summed E-state index contributed by atoms with van der Waals surface area (Å²) in [5, 5.41) is 3.47. The lowest BCUT2D eigenvalue weighted by molar-refractivity contribution is -0.117. The van der Waals surface area contributed by atoms with Crippen molar-refractivity contribution >= 4 is 34.8 Å². The fraction of sp³-hybridized carbons (Fsp3) is 0.174. The van der Waals surface area contributed by atoms with Crippen LogP contribution in [0.5, 0.6) is 5.75 Å². The molecular weight excluding hydrogens is 435 g/mol. The number of primary amides is 1. The van der Waals surface area contributed by atoms with Gasteiger partial charge in [-0.15, -0.1) is 0 Å².